The SMILES string of the molecule is CSCCC(NC(=O)Cc1ccc(N)cc1)c1nnc2ccccn12.Cl.Cl. The average Bonchev–Trinajstić information content (AvgIpc) is 3.04. The zero-order chi connectivity index (χ0) is 17.6. The van der Waals surface area contributed by atoms with E-state index in [4.69, 9.17) is 5.73 Å². The Bertz CT molecular complexity index is 856. The van der Waals surface area contributed by atoms with Gasteiger partial charge in [-0.3, -0.25) is 9.20 Å². The lowest BCUT2D eigenvalue weighted by molar-refractivity contribution is -0.121. The number of halogens is 2. The molecule has 0 aliphatic heterocycles. The van der Waals surface area contributed by atoms with Crippen LogP contribution in [0.25, 0.3) is 5.65 Å². The number of nitrogens with zero attached hydrogens (tertiary/aromatic N) is 3. The van der Waals surface area contributed by atoms with Gasteiger partial charge in [0.2, 0.25) is 5.91 Å². The predicted octanol–water partition coefficient (Wildman–Crippen LogP) is 3.31. The quantitative estimate of drug-likeness (QED) is 0.564. The van der Waals surface area contributed by atoms with Crippen molar-refractivity contribution in [3.05, 3.63) is 60.0 Å². The molecule has 0 aliphatic rings. The van der Waals surface area contributed by atoms with Gasteiger partial charge in [0.05, 0.1) is 12.5 Å². The average molecular weight is 428 g/mol. The van der Waals surface area contributed by atoms with E-state index in [9.17, 15) is 4.79 Å². The molecule has 146 valence electrons. The summed E-state index contributed by atoms with van der Waals surface area (Å²) in [6, 6.07) is 12.9. The van der Waals surface area contributed by atoms with E-state index < -0.39 is 0 Å². The summed E-state index contributed by atoms with van der Waals surface area (Å²) in [5, 5.41) is 11.6. The van der Waals surface area contributed by atoms with Crippen LogP contribution in [0.3, 0.4) is 0 Å². The second-order valence-corrected chi connectivity index (χ2v) is 6.79. The highest BCUT2D eigenvalue weighted by molar-refractivity contribution is 7.98. The fourth-order valence-corrected chi connectivity index (χ4v) is 3.14. The first-order chi connectivity index (χ1) is 12.2. The van der Waals surface area contributed by atoms with Gasteiger partial charge >= 0.3 is 0 Å². The van der Waals surface area contributed by atoms with Gasteiger partial charge < -0.3 is 11.1 Å². The molecule has 2 heterocycles. The highest BCUT2D eigenvalue weighted by Gasteiger charge is 2.20. The van der Waals surface area contributed by atoms with E-state index in [0.717, 1.165) is 29.2 Å². The Kier molecular flexibility index (Phi) is 9.41. The molecule has 9 heteroatoms. The second-order valence-electron chi connectivity index (χ2n) is 5.81. The topological polar surface area (TPSA) is 85.3 Å². The monoisotopic (exact) mass is 427 g/mol. The number of rotatable bonds is 7. The molecule has 1 unspecified atom stereocenters. The van der Waals surface area contributed by atoms with Gasteiger partial charge in [-0.25, -0.2) is 0 Å². The van der Waals surface area contributed by atoms with Crippen LogP contribution in [-0.4, -0.2) is 32.5 Å². The van der Waals surface area contributed by atoms with E-state index in [2.05, 4.69) is 21.8 Å². The Labute approximate surface area is 175 Å². The molecule has 3 aromatic rings. The fraction of sp³-hybridized carbons (Fsp3) is 0.278. The molecule has 1 aromatic carbocycles. The summed E-state index contributed by atoms with van der Waals surface area (Å²) in [6.45, 7) is 0. The third-order valence-electron chi connectivity index (χ3n) is 3.94. The van der Waals surface area contributed by atoms with Crippen molar-refractivity contribution in [3.8, 4) is 0 Å². The lowest BCUT2D eigenvalue weighted by Crippen LogP contribution is -2.31. The van der Waals surface area contributed by atoms with Crippen LogP contribution in [-0.2, 0) is 11.2 Å². The first-order valence-corrected chi connectivity index (χ1v) is 9.49. The minimum atomic E-state index is -0.175. The van der Waals surface area contributed by atoms with E-state index in [0.29, 0.717) is 12.1 Å². The van der Waals surface area contributed by atoms with Crippen molar-refractivity contribution in [1.29, 1.82) is 0 Å². The standard InChI is InChI=1S/C18H21N5OS.2ClH/c1-25-11-9-15(18-22-21-16-4-2-3-10-23(16)18)20-17(24)12-13-5-7-14(19)8-6-13;;/h2-8,10,15H,9,11-12,19H2,1H3,(H,20,24);2*1H. The van der Waals surface area contributed by atoms with E-state index in [1.165, 1.54) is 0 Å². The number of aromatic nitrogens is 3. The summed E-state index contributed by atoms with van der Waals surface area (Å²) in [4.78, 5) is 12.5. The van der Waals surface area contributed by atoms with Crippen molar-refractivity contribution in [2.24, 2.45) is 0 Å². The maximum Gasteiger partial charge on any atom is 0.225 e. The summed E-state index contributed by atoms with van der Waals surface area (Å²) in [5.41, 5.74) is 8.09. The first kappa shape index (κ1) is 23.1. The number of thioether (sulfide) groups is 1. The zero-order valence-corrected chi connectivity index (χ0v) is 17.3. The summed E-state index contributed by atoms with van der Waals surface area (Å²) in [6.07, 6.45) is 5.08. The maximum atomic E-state index is 12.5. The largest absolute Gasteiger partial charge is 0.399 e. The summed E-state index contributed by atoms with van der Waals surface area (Å²) < 4.78 is 1.93. The lowest BCUT2D eigenvalue weighted by atomic mass is 10.1. The highest BCUT2D eigenvalue weighted by Crippen LogP contribution is 2.18. The molecule has 0 fully saturated rings. The molecule has 2 aromatic heterocycles. The van der Waals surface area contributed by atoms with Crippen LogP contribution < -0.4 is 11.1 Å². The number of anilines is 1. The van der Waals surface area contributed by atoms with Gasteiger partial charge in [0.25, 0.3) is 0 Å². The van der Waals surface area contributed by atoms with Crippen molar-refractivity contribution in [2.45, 2.75) is 18.9 Å². The van der Waals surface area contributed by atoms with Crippen molar-refractivity contribution in [3.63, 3.8) is 0 Å². The number of carbonyl (C=O) groups excluding carboxylic acids is 1. The third-order valence-corrected chi connectivity index (χ3v) is 4.59. The van der Waals surface area contributed by atoms with Crippen LogP contribution in [0.1, 0.15) is 23.9 Å². The Morgan fingerprint density at radius 3 is 2.63 bits per heavy atom. The molecule has 0 saturated heterocycles. The molecule has 1 amide bonds. The number of carbonyl (C=O) groups is 1. The Hall–Kier alpha value is -1.96. The number of nitrogens with two attached hydrogens (primary N) is 1. The molecule has 0 radical (unpaired) electrons. The third kappa shape index (κ3) is 6.02. The number of nitrogen functional groups attached to an aromatic ring is 1. The molecule has 0 spiro atoms. The van der Waals surface area contributed by atoms with Gasteiger partial charge in [-0.1, -0.05) is 18.2 Å². The highest BCUT2D eigenvalue weighted by atomic mass is 35.5. The van der Waals surface area contributed by atoms with E-state index in [-0.39, 0.29) is 36.8 Å². The molecular formula is C18H23Cl2N5OS. The predicted molar refractivity (Wildman–Crippen MR) is 116 cm³/mol. The molecule has 0 saturated carbocycles. The molecule has 6 nitrogen and oxygen atoms in total. The van der Waals surface area contributed by atoms with Crippen LogP contribution in [0.4, 0.5) is 5.69 Å². The molecule has 3 rings (SSSR count). The maximum absolute atomic E-state index is 12.5. The summed E-state index contributed by atoms with van der Waals surface area (Å²) in [5.74, 6) is 1.65. The fourth-order valence-electron chi connectivity index (χ4n) is 2.67. The van der Waals surface area contributed by atoms with Crippen LogP contribution in [0, 0.1) is 0 Å². The van der Waals surface area contributed by atoms with Gasteiger partial charge in [-0.15, -0.1) is 35.0 Å². The van der Waals surface area contributed by atoms with Crippen molar-refractivity contribution in [1.82, 2.24) is 19.9 Å². The minimum Gasteiger partial charge on any atom is -0.399 e. The lowest BCUT2D eigenvalue weighted by Gasteiger charge is -2.17. The molecule has 1 atom stereocenters. The van der Waals surface area contributed by atoms with Crippen molar-refractivity contribution >= 4 is 53.8 Å². The summed E-state index contributed by atoms with van der Waals surface area (Å²) >= 11 is 1.74. The molecular weight excluding hydrogens is 405 g/mol. The first-order valence-electron chi connectivity index (χ1n) is 8.10. The minimum absolute atomic E-state index is 0. The molecule has 0 aliphatic carbocycles. The van der Waals surface area contributed by atoms with Gasteiger partial charge in [0, 0.05) is 11.9 Å². The summed E-state index contributed by atoms with van der Waals surface area (Å²) in [7, 11) is 0. The number of fused-ring (bicyclic) bond motifs is 1. The van der Waals surface area contributed by atoms with Crippen molar-refractivity contribution in [2.75, 3.05) is 17.7 Å². The van der Waals surface area contributed by atoms with Gasteiger partial charge in [0.1, 0.15) is 0 Å². The Morgan fingerprint density at radius 2 is 1.93 bits per heavy atom. The number of hydrogen-bond donors (Lipinski definition) is 2. The Balaban J connectivity index is 0.00000182. The van der Waals surface area contributed by atoms with Crippen LogP contribution in [0.15, 0.2) is 48.7 Å². The van der Waals surface area contributed by atoms with Crippen LogP contribution >= 0.6 is 36.6 Å². The van der Waals surface area contributed by atoms with E-state index in [1.807, 2.05) is 40.9 Å². The number of amides is 1. The molecule has 3 N–H and O–H groups in total. The smallest absolute Gasteiger partial charge is 0.225 e. The van der Waals surface area contributed by atoms with Crippen LogP contribution in [0.2, 0.25) is 0 Å². The number of benzene rings is 1. The molecule has 27 heavy (non-hydrogen) atoms. The van der Waals surface area contributed by atoms with Crippen LogP contribution in [0.5, 0.6) is 0 Å². The number of pyridine rings is 1. The number of hydrogen-bond acceptors (Lipinski definition) is 5. The number of nitrogens with one attached hydrogen (secondary N) is 1. The van der Waals surface area contributed by atoms with Gasteiger partial charge in [-0.2, -0.15) is 11.8 Å². The second kappa shape index (κ2) is 11.0. The molecule has 0 bridgehead atoms. The van der Waals surface area contributed by atoms with Gasteiger partial charge in [-0.05, 0) is 48.3 Å². The van der Waals surface area contributed by atoms with E-state index in [1.54, 1.807) is 23.9 Å². The van der Waals surface area contributed by atoms with Gasteiger partial charge in [0.15, 0.2) is 11.5 Å². The zero-order valence-electron chi connectivity index (χ0n) is 14.9. The van der Waals surface area contributed by atoms with E-state index >= 15 is 0 Å². The normalized spacial score (nSPS) is 11.3. The Morgan fingerprint density at radius 1 is 1.19 bits per heavy atom. The van der Waals surface area contributed by atoms with Crippen molar-refractivity contribution < 1.29 is 4.79 Å².